The third-order valence-electron chi connectivity index (χ3n) is 5.47. The molecule has 0 radical (unpaired) electrons. The highest BCUT2D eigenvalue weighted by atomic mass is 16.6. The minimum Gasteiger partial charge on any atom is -0.493 e. The van der Waals surface area contributed by atoms with Crippen LogP contribution in [-0.2, 0) is 6.61 Å². The SMILES string of the molecule is COc1cc(C=NNc2nc(-c3ccccc3)c(C#N)c(=O)[nH]2)ccc1OCc1ccc(C)cc1[N+](=O)[O-]. The Balaban J connectivity index is 1.50. The molecule has 0 atom stereocenters. The van der Waals surface area contributed by atoms with Crippen LogP contribution in [0.25, 0.3) is 11.3 Å². The third-order valence-corrected chi connectivity index (χ3v) is 5.47. The summed E-state index contributed by atoms with van der Waals surface area (Å²) in [5.74, 6) is 0.869. The number of H-pyrrole nitrogens is 1. The molecule has 190 valence electrons. The molecule has 0 aliphatic heterocycles. The molecule has 0 unspecified atom stereocenters. The van der Waals surface area contributed by atoms with Crippen molar-refractivity contribution in [1.82, 2.24) is 9.97 Å². The van der Waals surface area contributed by atoms with Gasteiger partial charge in [0.15, 0.2) is 11.5 Å². The van der Waals surface area contributed by atoms with Gasteiger partial charge in [0.25, 0.3) is 11.2 Å². The van der Waals surface area contributed by atoms with Crippen LogP contribution in [0.5, 0.6) is 11.5 Å². The molecule has 3 aromatic carbocycles. The van der Waals surface area contributed by atoms with Crippen molar-refractivity contribution in [2.75, 3.05) is 12.5 Å². The number of anilines is 1. The molecule has 0 amide bonds. The van der Waals surface area contributed by atoms with E-state index in [1.807, 2.05) is 12.1 Å². The molecular formula is C27H22N6O5. The summed E-state index contributed by atoms with van der Waals surface area (Å²) < 4.78 is 11.2. The van der Waals surface area contributed by atoms with Crippen LogP contribution >= 0.6 is 0 Å². The molecule has 0 fully saturated rings. The van der Waals surface area contributed by atoms with Crippen LogP contribution in [-0.4, -0.2) is 28.2 Å². The normalized spacial score (nSPS) is 10.7. The molecule has 0 aliphatic rings. The fraction of sp³-hybridized carbons (Fsp3) is 0.111. The number of ether oxygens (including phenoxy) is 2. The zero-order valence-electron chi connectivity index (χ0n) is 20.5. The van der Waals surface area contributed by atoms with E-state index in [0.29, 0.717) is 28.2 Å². The maximum Gasteiger partial charge on any atom is 0.276 e. The van der Waals surface area contributed by atoms with Crippen LogP contribution in [0.2, 0.25) is 0 Å². The highest BCUT2D eigenvalue weighted by Gasteiger charge is 2.16. The van der Waals surface area contributed by atoms with Crippen LogP contribution in [0.4, 0.5) is 11.6 Å². The molecular weight excluding hydrogens is 488 g/mol. The second kappa shape index (κ2) is 11.5. The average Bonchev–Trinajstić information content (AvgIpc) is 2.92. The van der Waals surface area contributed by atoms with E-state index >= 15 is 0 Å². The quantitative estimate of drug-likeness (QED) is 0.189. The van der Waals surface area contributed by atoms with Gasteiger partial charge >= 0.3 is 0 Å². The lowest BCUT2D eigenvalue weighted by atomic mass is 10.1. The standard InChI is InChI=1S/C27H22N6O5/c1-17-8-10-20(22(12-17)33(35)36)16-38-23-11-9-18(13-24(23)37-2)15-29-32-27-30-25(19-6-4-3-5-7-19)21(14-28)26(34)31-27/h3-13,15H,16H2,1-2H3,(H2,30,31,32,34). The molecule has 38 heavy (non-hydrogen) atoms. The smallest absolute Gasteiger partial charge is 0.276 e. The molecule has 11 nitrogen and oxygen atoms in total. The van der Waals surface area contributed by atoms with E-state index in [1.165, 1.54) is 19.4 Å². The summed E-state index contributed by atoms with van der Waals surface area (Å²) in [6, 6.07) is 20.8. The predicted molar refractivity (Wildman–Crippen MR) is 141 cm³/mol. The van der Waals surface area contributed by atoms with Gasteiger partial charge in [-0.1, -0.05) is 36.4 Å². The lowest BCUT2D eigenvalue weighted by Gasteiger charge is -2.12. The van der Waals surface area contributed by atoms with Gasteiger partial charge in [0.2, 0.25) is 5.95 Å². The Kier molecular flexibility index (Phi) is 7.74. The number of nitrogens with zero attached hydrogens (tertiary/aromatic N) is 4. The lowest BCUT2D eigenvalue weighted by Crippen LogP contribution is -2.16. The Morgan fingerprint density at radius 1 is 1.16 bits per heavy atom. The van der Waals surface area contributed by atoms with Gasteiger partial charge in [-0.15, -0.1) is 0 Å². The highest BCUT2D eigenvalue weighted by molar-refractivity contribution is 5.81. The fourth-order valence-corrected chi connectivity index (χ4v) is 3.61. The molecule has 0 saturated carbocycles. The van der Waals surface area contributed by atoms with Crippen LogP contribution in [0.15, 0.2) is 76.6 Å². The number of hydrazone groups is 1. The van der Waals surface area contributed by atoms with Crippen LogP contribution in [0.1, 0.15) is 22.3 Å². The van der Waals surface area contributed by atoms with Gasteiger partial charge in [-0.25, -0.2) is 10.4 Å². The minimum atomic E-state index is -0.587. The monoisotopic (exact) mass is 510 g/mol. The molecule has 0 saturated heterocycles. The van der Waals surface area contributed by atoms with Crippen molar-refractivity contribution in [2.45, 2.75) is 13.5 Å². The molecule has 4 rings (SSSR count). The average molecular weight is 511 g/mol. The van der Waals surface area contributed by atoms with Crippen LogP contribution < -0.4 is 20.5 Å². The van der Waals surface area contributed by atoms with Gasteiger partial charge in [0.1, 0.15) is 18.2 Å². The van der Waals surface area contributed by atoms with E-state index in [-0.39, 0.29) is 29.5 Å². The Labute approximate surface area is 217 Å². The van der Waals surface area contributed by atoms with Gasteiger partial charge in [-0.05, 0) is 42.3 Å². The Morgan fingerprint density at radius 2 is 1.95 bits per heavy atom. The number of aryl methyl sites for hydroxylation is 1. The summed E-state index contributed by atoms with van der Waals surface area (Å²) in [7, 11) is 1.48. The Hall–Kier alpha value is -5.50. The summed E-state index contributed by atoms with van der Waals surface area (Å²) in [6.45, 7) is 1.77. The largest absolute Gasteiger partial charge is 0.493 e. The minimum absolute atomic E-state index is 0.0105. The van der Waals surface area contributed by atoms with Crippen LogP contribution in [0, 0.1) is 28.4 Å². The number of benzene rings is 3. The van der Waals surface area contributed by atoms with E-state index in [4.69, 9.17) is 9.47 Å². The van der Waals surface area contributed by atoms with Crippen molar-refractivity contribution < 1.29 is 14.4 Å². The Morgan fingerprint density at radius 3 is 2.66 bits per heavy atom. The van der Waals surface area contributed by atoms with E-state index in [1.54, 1.807) is 61.5 Å². The van der Waals surface area contributed by atoms with Crippen LogP contribution in [0.3, 0.4) is 0 Å². The number of nitriles is 1. The first-order valence-electron chi connectivity index (χ1n) is 11.3. The van der Waals surface area contributed by atoms with Crippen molar-refractivity contribution >= 4 is 17.9 Å². The van der Waals surface area contributed by atoms with E-state index in [0.717, 1.165) is 5.56 Å². The molecule has 2 N–H and O–H groups in total. The summed E-state index contributed by atoms with van der Waals surface area (Å²) >= 11 is 0. The fourth-order valence-electron chi connectivity index (χ4n) is 3.61. The van der Waals surface area contributed by atoms with E-state index < -0.39 is 10.5 Å². The first-order chi connectivity index (χ1) is 18.4. The van der Waals surface area contributed by atoms with Crippen molar-refractivity contribution in [3.63, 3.8) is 0 Å². The zero-order valence-corrected chi connectivity index (χ0v) is 20.5. The van der Waals surface area contributed by atoms with Gasteiger partial charge in [-0.2, -0.15) is 10.4 Å². The van der Waals surface area contributed by atoms with Gasteiger partial charge in [0.05, 0.1) is 29.5 Å². The Bertz CT molecular complexity index is 1610. The molecule has 0 aliphatic carbocycles. The summed E-state index contributed by atoms with van der Waals surface area (Å²) in [5, 5.41) is 24.9. The number of nitro groups is 1. The van der Waals surface area contributed by atoms with Crippen molar-refractivity contribution in [3.8, 4) is 28.8 Å². The molecule has 0 spiro atoms. The van der Waals surface area contributed by atoms with Gasteiger partial charge in [0, 0.05) is 11.6 Å². The van der Waals surface area contributed by atoms with E-state index in [9.17, 15) is 20.2 Å². The summed E-state index contributed by atoms with van der Waals surface area (Å²) in [6.07, 6.45) is 1.48. The lowest BCUT2D eigenvalue weighted by molar-refractivity contribution is -0.385. The molecule has 1 heterocycles. The second-order valence-corrected chi connectivity index (χ2v) is 8.07. The summed E-state index contributed by atoms with van der Waals surface area (Å²) in [5.41, 5.74) is 4.71. The van der Waals surface area contributed by atoms with Crippen molar-refractivity contribution in [3.05, 3.63) is 109 Å². The number of nitro benzene ring substituents is 1. The maximum absolute atomic E-state index is 12.4. The topological polar surface area (TPSA) is 156 Å². The number of aromatic nitrogens is 2. The first kappa shape index (κ1) is 25.6. The molecule has 4 aromatic rings. The predicted octanol–water partition coefficient (Wildman–Crippen LogP) is 4.56. The van der Waals surface area contributed by atoms with Crippen molar-refractivity contribution in [1.29, 1.82) is 5.26 Å². The molecule has 0 bridgehead atoms. The van der Waals surface area contributed by atoms with Gasteiger partial charge < -0.3 is 9.47 Å². The maximum atomic E-state index is 12.4. The number of aromatic amines is 1. The summed E-state index contributed by atoms with van der Waals surface area (Å²) in [4.78, 5) is 30.1. The first-order valence-corrected chi connectivity index (χ1v) is 11.3. The third kappa shape index (κ3) is 5.83. The molecule has 1 aromatic heterocycles. The van der Waals surface area contributed by atoms with E-state index in [2.05, 4.69) is 20.5 Å². The second-order valence-electron chi connectivity index (χ2n) is 8.07. The van der Waals surface area contributed by atoms with Gasteiger partial charge in [-0.3, -0.25) is 19.9 Å². The number of methoxy groups -OCH3 is 1. The number of nitrogens with one attached hydrogen (secondary N) is 2. The highest BCUT2D eigenvalue weighted by Crippen LogP contribution is 2.30. The zero-order chi connectivity index (χ0) is 27.1. The van der Waals surface area contributed by atoms with Crippen molar-refractivity contribution in [2.24, 2.45) is 5.10 Å². The number of rotatable bonds is 9. The molecule has 11 heteroatoms. The number of hydrogen-bond donors (Lipinski definition) is 2. The number of hydrogen-bond acceptors (Lipinski definition) is 9.